The average Bonchev–Trinajstić information content (AvgIpc) is 2.32. The molecule has 0 bridgehead atoms. The molecule has 0 aliphatic carbocycles. The number of likely N-dealkylation sites (tertiary alicyclic amines) is 1. The van der Waals surface area contributed by atoms with Crippen LogP contribution in [0.25, 0.3) is 0 Å². The number of hydrogen-bond acceptors (Lipinski definition) is 3. The molecule has 2 fully saturated rings. The molecule has 1 N–H and O–H groups in total. The Balaban J connectivity index is 0.00000162. The number of nitrogens with one attached hydrogen (secondary N) is 1. The fourth-order valence-electron chi connectivity index (χ4n) is 2.56. The molecular weight excluding hydrogens is 254 g/mol. The van der Waals surface area contributed by atoms with Gasteiger partial charge in [-0.3, -0.25) is 9.59 Å². The molecule has 2 atom stereocenters. The number of carbonyl (C=O) groups is 2. The fourth-order valence-corrected chi connectivity index (χ4v) is 2.56. The number of hydrogen-bond donors (Lipinski definition) is 1. The Morgan fingerprint density at radius 2 is 2.11 bits per heavy atom. The van der Waals surface area contributed by atoms with Gasteiger partial charge in [-0.25, -0.2) is 0 Å². The van der Waals surface area contributed by atoms with E-state index in [1.54, 1.807) is 11.9 Å². The van der Waals surface area contributed by atoms with Crippen LogP contribution in [0, 0.1) is 5.92 Å². The van der Waals surface area contributed by atoms with Crippen LogP contribution in [-0.2, 0) is 9.59 Å². The average molecular weight is 276 g/mol. The molecule has 2 amide bonds. The molecule has 2 rings (SSSR count). The van der Waals surface area contributed by atoms with Gasteiger partial charge in [0.05, 0.1) is 0 Å². The van der Waals surface area contributed by atoms with E-state index in [4.69, 9.17) is 0 Å². The molecule has 2 saturated heterocycles. The molecule has 2 heterocycles. The Hall–Kier alpha value is -0.810. The Bertz CT molecular complexity index is 324. The first-order chi connectivity index (χ1) is 8.09. The zero-order chi connectivity index (χ0) is 12.4. The van der Waals surface area contributed by atoms with Crippen LogP contribution in [-0.4, -0.2) is 60.9 Å². The minimum atomic E-state index is -0.0979. The van der Waals surface area contributed by atoms with E-state index in [1.165, 1.54) is 0 Å². The minimum absolute atomic E-state index is 0. The summed E-state index contributed by atoms with van der Waals surface area (Å²) in [6.07, 6.45) is 1.18. The van der Waals surface area contributed by atoms with Gasteiger partial charge < -0.3 is 15.1 Å². The lowest BCUT2D eigenvalue weighted by Gasteiger charge is -2.38. The van der Waals surface area contributed by atoms with Crippen molar-refractivity contribution in [1.29, 1.82) is 0 Å². The topological polar surface area (TPSA) is 52.7 Å². The summed E-state index contributed by atoms with van der Waals surface area (Å²) in [4.78, 5) is 27.6. The van der Waals surface area contributed by atoms with E-state index in [0.29, 0.717) is 13.0 Å². The van der Waals surface area contributed by atoms with Crippen molar-refractivity contribution in [3.8, 4) is 0 Å². The largest absolute Gasteiger partial charge is 0.346 e. The van der Waals surface area contributed by atoms with Crippen LogP contribution in [0.3, 0.4) is 0 Å². The van der Waals surface area contributed by atoms with Gasteiger partial charge in [-0.1, -0.05) is 0 Å². The zero-order valence-corrected chi connectivity index (χ0v) is 11.8. The molecule has 5 nitrogen and oxygen atoms in total. The summed E-state index contributed by atoms with van der Waals surface area (Å²) in [6, 6.07) is 0.242. The maximum atomic E-state index is 12.3. The summed E-state index contributed by atoms with van der Waals surface area (Å²) < 4.78 is 0. The van der Waals surface area contributed by atoms with E-state index in [0.717, 1.165) is 26.1 Å². The van der Waals surface area contributed by atoms with Crippen molar-refractivity contribution >= 4 is 24.2 Å². The first-order valence-corrected chi connectivity index (χ1v) is 6.34. The molecule has 2 aliphatic heterocycles. The molecule has 6 heteroatoms. The van der Waals surface area contributed by atoms with E-state index < -0.39 is 0 Å². The summed E-state index contributed by atoms with van der Waals surface area (Å²) in [7, 11) is 1.80. The van der Waals surface area contributed by atoms with Crippen molar-refractivity contribution in [3.05, 3.63) is 0 Å². The molecule has 0 radical (unpaired) electrons. The molecule has 0 spiro atoms. The molecule has 0 aromatic heterocycles. The summed E-state index contributed by atoms with van der Waals surface area (Å²) >= 11 is 0. The maximum Gasteiger partial charge on any atom is 0.226 e. The van der Waals surface area contributed by atoms with Crippen molar-refractivity contribution in [2.24, 2.45) is 5.92 Å². The van der Waals surface area contributed by atoms with Gasteiger partial charge >= 0.3 is 0 Å². The summed E-state index contributed by atoms with van der Waals surface area (Å²) in [5.41, 5.74) is 0. The van der Waals surface area contributed by atoms with E-state index in [2.05, 4.69) is 12.2 Å². The number of nitrogens with zero attached hydrogens (tertiary/aromatic N) is 2. The predicted octanol–water partition coefficient (Wildman–Crippen LogP) is 0.0969. The lowest BCUT2D eigenvalue weighted by atomic mass is 9.94. The first-order valence-electron chi connectivity index (χ1n) is 6.34. The van der Waals surface area contributed by atoms with Gasteiger partial charge in [-0.05, 0) is 13.3 Å². The molecule has 0 aromatic carbocycles. The third-order valence-corrected chi connectivity index (χ3v) is 3.79. The van der Waals surface area contributed by atoms with Crippen LogP contribution < -0.4 is 5.32 Å². The predicted molar refractivity (Wildman–Crippen MR) is 71.7 cm³/mol. The monoisotopic (exact) mass is 275 g/mol. The molecule has 2 aliphatic rings. The highest BCUT2D eigenvalue weighted by atomic mass is 35.5. The van der Waals surface area contributed by atoms with Crippen LogP contribution in [0.1, 0.15) is 19.8 Å². The van der Waals surface area contributed by atoms with Gasteiger partial charge in [-0.15, -0.1) is 12.4 Å². The Kier molecular flexibility index (Phi) is 5.41. The van der Waals surface area contributed by atoms with Crippen molar-refractivity contribution in [2.75, 3.05) is 33.2 Å². The third-order valence-electron chi connectivity index (χ3n) is 3.79. The highest BCUT2D eigenvalue weighted by Crippen LogP contribution is 2.21. The Labute approximate surface area is 114 Å². The van der Waals surface area contributed by atoms with Crippen LogP contribution in [0.5, 0.6) is 0 Å². The number of rotatable bonds is 1. The van der Waals surface area contributed by atoms with Gasteiger partial charge in [-0.2, -0.15) is 0 Å². The number of piperazine rings is 1. The third kappa shape index (κ3) is 3.14. The SMILES string of the molecule is C[C@H]1CNCCN1C(=O)C1CCN(C)C(=O)C1.Cl. The first kappa shape index (κ1) is 15.2. The van der Waals surface area contributed by atoms with Gasteiger partial charge in [0.2, 0.25) is 11.8 Å². The molecule has 18 heavy (non-hydrogen) atoms. The van der Waals surface area contributed by atoms with Crippen LogP contribution >= 0.6 is 12.4 Å². The molecule has 1 unspecified atom stereocenters. The van der Waals surface area contributed by atoms with E-state index in [1.807, 2.05) is 4.90 Å². The van der Waals surface area contributed by atoms with Crippen molar-refractivity contribution < 1.29 is 9.59 Å². The Morgan fingerprint density at radius 3 is 2.72 bits per heavy atom. The maximum absolute atomic E-state index is 12.3. The van der Waals surface area contributed by atoms with Crippen molar-refractivity contribution in [3.63, 3.8) is 0 Å². The quantitative estimate of drug-likeness (QED) is 0.738. The van der Waals surface area contributed by atoms with Gasteiger partial charge in [0.1, 0.15) is 0 Å². The smallest absolute Gasteiger partial charge is 0.226 e. The number of piperidine rings is 1. The Morgan fingerprint density at radius 1 is 1.39 bits per heavy atom. The lowest BCUT2D eigenvalue weighted by molar-refractivity contribution is -0.146. The van der Waals surface area contributed by atoms with Gasteiger partial charge in [0.25, 0.3) is 0 Å². The second-order valence-corrected chi connectivity index (χ2v) is 5.09. The summed E-state index contributed by atoms with van der Waals surface area (Å²) in [5.74, 6) is 0.164. The van der Waals surface area contributed by atoms with Gasteiger partial charge in [0, 0.05) is 51.6 Å². The fraction of sp³-hybridized carbons (Fsp3) is 0.833. The zero-order valence-electron chi connectivity index (χ0n) is 11.0. The summed E-state index contributed by atoms with van der Waals surface area (Å²) in [5, 5.41) is 3.27. The highest BCUT2D eigenvalue weighted by Gasteiger charge is 2.33. The van der Waals surface area contributed by atoms with Crippen molar-refractivity contribution in [2.45, 2.75) is 25.8 Å². The minimum Gasteiger partial charge on any atom is -0.346 e. The van der Waals surface area contributed by atoms with Crippen LogP contribution in [0.15, 0.2) is 0 Å². The molecular formula is C12H22ClN3O2. The number of amides is 2. The number of carbonyl (C=O) groups excluding carboxylic acids is 2. The van der Waals surface area contributed by atoms with E-state index in [-0.39, 0.29) is 36.2 Å². The standard InChI is InChI=1S/C12H21N3O2.ClH/c1-9-8-13-4-6-15(9)12(17)10-3-5-14(2)11(16)7-10;/h9-10,13H,3-8H2,1-2H3;1H/t9-,10?;/m0./s1. The van der Waals surface area contributed by atoms with E-state index >= 15 is 0 Å². The number of halogens is 1. The normalized spacial score (nSPS) is 28.9. The highest BCUT2D eigenvalue weighted by molar-refractivity contribution is 5.87. The second-order valence-electron chi connectivity index (χ2n) is 5.09. The van der Waals surface area contributed by atoms with E-state index in [9.17, 15) is 9.59 Å². The van der Waals surface area contributed by atoms with Crippen LogP contribution in [0.2, 0.25) is 0 Å². The van der Waals surface area contributed by atoms with Crippen molar-refractivity contribution in [1.82, 2.24) is 15.1 Å². The molecule has 0 aromatic rings. The second kappa shape index (κ2) is 6.38. The van der Waals surface area contributed by atoms with Crippen LogP contribution in [0.4, 0.5) is 0 Å². The lowest BCUT2D eigenvalue weighted by Crippen LogP contribution is -2.55. The molecule has 104 valence electrons. The summed E-state index contributed by atoms with van der Waals surface area (Å²) in [6.45, 7) is 5.24. The van der Waals surface area contributed by atoms with Gasteiger partial charge in [0.15, 0.2) is 0 Å². The molecule has 0 saturated carbocycles.